The molecule has 0 amide bonds. The molecule has 0 fully saturated rings. The SMILES string of the molecule is CCC(O)c1cc(O)ccc1O. The Balaban J connectivity index is 3.04. The maximum Gasteiger partial charge on any atom is 0.121 e. The summed E-state index contributed by atoms with van der Waals surface area (Å²) >= 11 is 0. The molecule has 3 N–H and O–H groups in total. The van der Waals surface area contributed by atoms with Gasteiger partial charge in [-0.2, -0.15) is 0 Å². The molecule has 0 aliphatic rings. The van der Waals surface area contributed by atoms with Crippen molar-refractivity contribution in [2.45, 2.75) is 19.4 Å². The first-order valence-corrected chi connectivity index (χ1v) is 3.85. The van der Waals surface area contributed by atoms with Crippen molar-refractivity contribution < 1.29 is 15.3 Å². The first kappa shape index (κ1) is 8.87. The molecule has 0 heterocycles. The third kappa shape index (κ3) is 1.68. The second-order valence-electron chi connectivity index (χ2n) is 2.67. The van der Waals surface area contributed by atoms with Crippen LogP contribution in [0.2, 0.25) is 0 Å². The average Bonchev–Trinajstić information content (AvgIpc) is 2.08. The summed E-state index contributed by atoms with van der Waals surface area (Å²) in [6.45, 7) is 1.80. The van der Waals surface area contributed by atoms with Crippen molar-refractivity contribution in [3.8, 4) is 11.5 Å². The Labute approximate surface area is 70.9 Å². The van der Waals surface area contributed by atoms with Crippen molar-refractivity contribution in [3.05, 3.63) is 23.8 Å². The third-order valence-electron chi connectivity index (χ3n) is 1.76. The van der Waals surface area contributed by atoms with Crippen molar-refractivity contribution in [1.82, 2.24) is 0 Å². The monoisotopic (exact) mass is 168 g/mol. The van der Waals surface area contributed by atoms with Gasteiger partial charge >= 0.3 is 0 Å². The molecule has 3 heteroatoms. The minimum atomic E-state index is -0.711. The van der Waals surface area contributed by atoms with Gasteiger partial charge in [-0.25, -0.2) is 0 Å². The van der Waals surface area contributed by atoms with Gasteiger partial charge in [0.05, 0.1) is 6.10 Å². The fraction of sp³-hybridized carbons (Fsp3) is 0.333. The van der Waals surface area contributed by atoms with E-state index in [1.165, 1.54) is 18.2 Å². The molecule has 1 aromatic rings. The van der Waals surface area contributed by atoms with Gasteiger partial charge in [-0.1, -0.05) is 6.92 Å². The van der Waals surface area contributed by atoms with Gasteiger partial charge in [0.25, 0.3) is 0 Å². The Hall–Kier alpha value is -1.22. The Morgan fingerprint density at radius 1 is 1.33 bits per heavy atom. The molecule has 0 spiro atoms. The standard InChI is InChI=1S/C9H12O3/c1-2-8(11)7-5-6(10)3-4-9(7)12/h3-5,8,10-12H,2H2,1H3. The molecule has 0 radical (unpaired) electrons. The van der Waals surface area contributed by atoms with Crippen LogP contribution < -0.4 is 0 Å². The number of hydrogen-bond acceptors (Lipinski definition) is 3. The Kier molecular flexibility index (Phi) is 2.55. The van der Waals surface area contributed by atoms with E-state index in [1.54, 1.807) is 6.92 Å². The predicted molar refractivity (Wildman–Crippen MR) is 45.0 cm³/mol. The molecular weight excluding hydrogens is 156 g/mol. The molecule has 1 atom stereocenters. The number of hydrogen-bond donors (Lipinski definition) is 3. The molecular formula is C9H12O3. The molecule has 12 heavy (non-hydrogen) atoms. The minimum absolute atomic E-state index is 0.0159. The van der Waals surface area contributed by atoms with Crippen LogP contribution in [-0.4, -0.2) is 15.3 Å². The first-order chi connectivity index (χ1) is 5.65. The van der Waals surface area contributed by atoms with Crippen molar-refractivity contribution in [2.24, 2.45) is 0 Å². The molecule has 66 valence electrons. The molecule has 0 aromatic heterocycles. The van der Waals surface area contributed by atoms with Crippen molar-refractivity contribution in [2.75, 3.05) is 0 Å². The molecule has 1 unspecified atom stereocenters. The van der Waals surface area contributed by atoms with E-state index in [0.29, 0.717) is 12.0 Å². The highest BCUT2D eigenvalue weighted by Crippen LogP contribution is 2.29. The lowest BCUT2D eigenvalue weighted by Gasteiger charge is -2.09. The zero-order valence-corrected chi connectivity index (χ0v) is 6.86. The Bertz CT molecular complexity index is 270. The number of aliphatic hydroxyl groups excluding tert-OH is 1. The smallest absolute Gasteiger partial charge is 0.121 e. The number of aromatic hydroxyl groups is 2. The lowest BCUT2D eigenvalue weighted by molar-refractivity contribution is 0.169. The summed E-state index contributed by atoms with van der Waals surface area (Å²) in [5, 5.41) is 27.7. The van der Waals surface area contributed by atoms with Crippen molar-refractivity contribution in [3.63, 3.8) is 0 Å². The minimum Gasteiger partial charge on any atom is -0.508 e. The van der Waals surface area contributed by atoms with E-state index in [2.05, 4.69) is 0 Å². The summed E-state index contributed by atoms with van der Waals surface area (Å²) in [6, 6.07) is 4.11. The first-order valence-electron chi connectivity index (χ1n) is 3.85. The summed E-state index contributed by atoms with van der Waals surface area (Å²) in [5.74, 6) is 0.0671. The molecule has 0 aliphatic heterocycles. The third-order valence-corrected chi connectivity index (χ3v) is 1.76. The lowest BCUT2D eigenvalue weighted by atomic mass is 10.1. The van der Waals surface area contributed by atoms with Gasteiger partial charge in [0, 0.05) is 5.56 Å². The largest absolute Gasteiger partial charge is 0.508 e. The van der Waals surface area contributed by atoms with Gasteiger partial charge in [0.1, 0.15) is 11.5 Å². The highest BCUT2D eigenvalue weighted by molar-refractivity contribution is 5.39. The van der Waals surface area contributed by atoms with Crippen LogP contribution in [0.4, 0.5) is 0 Å². The van der Waals surface area contributed by atoms with Crippen LogP contribution in [0.3, 0.4) is 0 Å². The number of benzene rings is 1. The second-order valence-corrected chi connectivity index (χ2v) is 2.67. The van der Waals surface area contributed by atoms with Gasteiger partial charge < -0.3 is 15.3 Å². The van der Waals surface area contributed by atoms with Crippen LogP contribution in [0.1, 0.15) is 25.0 Å². The van der Waals surface area contributed by atoms with E-state index in [0.717, 1.165) is 0 Å². The summed E-state index contributed by atoms with van der Waals surface area (Å²) in [7, 11) is 0. The van der Waals surface area contributed by atoms with Crippen LogP contribution in [0.25, 0.3) is 0 Å². The summed E-state index contributed by atoms with van der Waals surface area (Å²) in [6.07, 6.45) is -0.200. The van der Waals surface area contributed by atoms with Crippen molar-refractivity contribution in [1.29, 1.82) is 0 Å². The Morgan fingerprint density at radius 2 is 2.00 bits per heavy atom. The topological polar surface area (TPSA) is 60.7 Å². The van der Waals surface area contributed by atoms with E-state index in [9.17, 15) is 10.2 Å². The van der Waals surface area contributed by atoms with E-state index >= 15 is 0 Å². The van der Waals surface area contributed by atoms with E-state index < -0.39 is 6.10 Å². The summed E-state index contributed by atoms with van der Waals surface area (Å²) < 4.78 is 0. The maximum absolute atomic E-state index is 9.36. The number of phenolic OH excluding ortho intramolecular Hbond substituents is 2. The Morgan fingerprint density at radius 3 is 2.58 bits per heavy atom. The number of rotatable bonds is 2. The zero-order chi connectivity index (χ0) is 9.14. The van der Waals surface area contributed by atoms with Gasteiger partial charge in [-0.15, -0.1) is 0 Å². The average molecular weight is 168 g/mol. The molecule has 0 saturated heterocycles. The number of aliphatic hydroxyl groups is 1. The van der Waals surface area contributed by atoms with E-state index in [-0.39, 0.29) is 11.5 Å². The van der Waals surface area contributed by atoms with Gasteiger partial charge in [-0.05, 0) is 24.6 Å². The fourth-order valence-corrected chi connectivity index (χ4v) is 1.03. The summed E-state index contributed by atoms with van der Waals surface area (Å²) in [4.78, 5) is 0. The molecule has 0 bridgehead atoms. The number of phenols is 2. The van der Waals surface area contributed by atoms with E-state index in [1.807, 2.05) is 0 Å². The molecule has 0 saturated carbocycles. The van der Waals surface area contributed by atoms with Crippen LogP contribution in [0, 0.1) is 0 Å². The van der Waals surface area contributed by atoms with Gasteiger partial charge in [0.15, 0.2) is 0 Å². The highest BCUT2D eigenvalue weighted by Gasteiger charge is 2.10. The predicted octanol–water partition coefficient (Wildman–Crippen LogP) is 1.54. The van der Waals surface area contributed by atoms with Crippen LogP contribution >= 0.6 is 0 Å². The quantitative estimate of drug-likeness (QED) is 0.587. The molecule has 1 rings (SSSR count). The van der Waals surface area contributed by atoms with E-state index in [4.69, 9.17) is 5.11 Å². The van der Waals surface area contributed by atoms with Crippen LogP contribution in [0.5, 0.6) is 11.5 Å². The van der Waals surface area contributed by atoms with Crippen molar-refractivity contribution >= 4 is 0 Å². The van der Waals surface area contributed by atoms with Crippen LogP contribution in [-0.2, 0) is 0 Å². The van der Waals surface area contributed by atoms with Gasteiger partial charge in [0.2, 0.25) is 0 Å². The summed E-state index contributed by atoms with van der Waals surface area (Å²) in [5.41, 5.74) is 0.373. The zero-order valence-electron chi connectivity index (χ0n) is 6.86. The van der Waals surface area contributed by atoms with Gasteiger partial charge in [-0.3, -0.25) is 0 Å². The molecule has 0 aliphatic carbocycles. The lowest BCUT2D eigenvalue weighted by Crippen LogP contribution is -1.94. The second kappa shape index (κ2) is 3.45. The molecule has 1 aromatic carbocycles. The molecule has 3 nitrogen and oxygen atoms in total. The normalized spacial score (nSPS) is 12.8. The maximum atomic E-state index is 9.36. The highest BCUT2D eigenvalue weighted by atomic mass is 16.3. The fourth-order valence-electron chi connectivity index (χ4n) is 1.03. The van der Waals surface area contributed by atoms with Crippen LogP contribution in [0.15, 0.2) is 18.2 Å².